The Bertz CT molecular complexity index is 1180. The highest BCUT2D eigenvalue weighted by molar-refractivity contribution is 6.19. The first-order chi connectivity index (χ1) is 19.9. The quantitative estimate of drug-likeness (QED) is 0.107. The number of carbonyl (C=O) groups is 3. The number of aliphatic imine (C=N–C) groups is 1. The van der Waals surface area contributed by atoms with Gasteiger partial charge in [0.2, 0.25) is 0 Å². The van der Waals surface area contributed by atoms with E-state index in [1.54, 1.807) is 11.0 Å². The Labute approximate surface area is 256 Å². The second-order valence-corrected chi connectivity index (χ2v) is 12.1. The fourth-order valence-corrected chi connectivity index (χ4v) is 5.61. The molecule has 2 aliphatic carbocycles. The van der Waals surface area contributed by atoms with Crippen LogP contribution in [0.4, 0.5) is 4.79 Å². The predicted molar refractivity (Wildman–Crippen MR) is 173 cm³/mol. The van der Waals surface area contributed by atoms with Crippen molar-refractivity contribution in [2.75, 3.05) is 19.6 Å². The maximum absolute atomic E-state index is 12.9. The summed E-state index contributed by atoms with van der Waals surface area (Å²) in [4.78, 5) is 46.5. The van der Waals surface area contributed by atoms with E-state index in [2.05, 4.69) is 23.7 Å². The molecule has 7 nitrogen and oxygen atoms in total. The summed E-state index contributed by atoms with van der Waals surface area (Å²) in [6, 6.07) is -0.0846. The first-order valence-corrected chi connectivity index (χ1v) is 15.6. The minimum absolute atomic E-state index is 0. The van der Waals surface area contributed by atoms with Gasteiger partial charge in [-0.25, -0.2) is 4.79 Å². The van der Waals surface area contributed by atoms with E-state index in [-0.39, 0.29) is 37.2 Å². The van der Waals surface area contributed by atoms with E-state index in [4.69, 9.17) is 9.73 Å². The summed E-state index contributed by atoms with van der Waals surface area (Å²) in [5.41, 5.74) is 3.08. The second-order valence-electron chi connectivity index (χ2n) is 12.1. The molecular weight excluding hydrogens is 526 g/mol. The summed E-state index contributed by atoms with van der Waals surface area (Å²) >= 11 is 0. The molecule has 1 amide bonds. The highest BCUT2D eigenvalue weighted by atomic mass is 16.6. The fourth-order valence-electron chi connectivity index (χ4n) is 5.61. The molecule has 233 valence electrons. The van der Waals surface area contributed by atoms with E-state index in [0.29, 0.717) is 30.9 Å². The zero-order valence-electron chi connectivity index (χ0n) is 27.5. The van der Waals surface area contributed by atoms with E-state index >= 15 is 0 Å². The van der Waals surface area contributed by atoms with Crippen molar-refractivity contribution in [2.45, 2.75) is 113 Å². The highest BCUT2D eigenvalue weighted by Crippen LogP contribution is 2.34. The van der Waals surface area contributed by atoms with E-state index in [1.165, 1.54) is 0 Å². The van der Waals surface area contributed by atoms with Gasteiger partial charge in [0.05, 0.1) is 0 Å². The number of nitrogens with zero attached hydrogens (tertiary/aromatic N) is 3. The molecule has 3 rings (SSSR count). The molecule has 2 unspecified atom stereocenters. The lowest BCUT2D eigenvalue weighted by Crippen LogP contribution is -2.58. The number of ketones is 1. The Kier molecular flexibility index (Phi) is 13.3. The topological polar surface area (TPSA) is 79.3 Å². The molecule has 4 atom stereocenters. The normalized spacial score (nSPS) is 25.1. The summed E-state index contributed by atoms with van der Waals surface area (Å²) in [7, 11) is 0. The summed E-state index contributed by atoms with van der Waals surface area (Å²) in [6.45, 7) is 21.2. The third-order valence-corrected chi connectivity index (χ3v) is 7.74. The Morgan fingerprint density at radius 2 is 1.76 bits per heavy atom. The Morgan fingerprint density at radius 1 is 1.14 bits per heavy atom. The molecule has 2 fully saturated rings. The van der Waals surface area contributed by atoms with Crippen LogP contribution in [0.15, 0.2) is 39.6 Å². The van der Waals surface area contributed by atoms with Gasteiger partial charge in [-0.15, -0.1) is 0 Å². The van der Waals surface area contributed by atoms with Crippen LogP contribution in [0.25, 0.3) is 0 Å². The van der Waals surface area contributed by atoms with Gasteiger partial charge in [-0.05, 0) is 86.1 Å². The van der Waals surface area contributed by atoms with Gasteiger partial charge in [-0.3, -0.25) is 14.6 Å². The number of rotatable bonds is 7. The zero-order valence-corrected chi connectivity index (χ0v) is 27.5. The van der Waals surface area contributed by atoms with Gasteiger partial charge >= 0.3 is 6.09 Å². The molecule has 3 aliphatic rings. The monoisotopic (exact) mass is 580 g/mol. The van der Waals surface area contributed by atoms with Gasteiger partial charge in [0.15, 0.2) is 5.78 Å². The molecule has 0 bridgehead atoms. The van der Waals surface area contributed by atoms with Gasteiger partial charge in [-0.1, -0.05) is 38.3 Å². The minimum Gasteiger partial charge on any atom is -0.444 e. The summed E-state index contributed by atoms with van der Waals surface area (Å²) < 4.78 is 5.65. The molecule has 1 radical (unpaired) electrons. The number of allylic oxidation sites excluding steroid dienone is 6. The smallest absolute Gasteiger partial charge is 0.410 e. The lowest BCUT2D eigenvalue weighted by atomic mass is 9.79. The Hall–Kier alpha value is -3.14. The average molecular weight is 581 g/mol. The number of Topliss-reactive ketones (excluding diaryl/α,β-unsaturated/α-hetero) is 1. The number of amides is 1. The number of carbonyl (C=O) groups excluding carboxylic acids is 3. The van der Waals surface area contributed by atoms with Crippen LogP contribution in [0, 0.1) is 30.1 Å². The van der Waals surface area contributed by atoms with Crippen molar-refractivity contribution in [3.63, 3.8) is 0 Å². The van der Waals surface area contributed by atoms with Crippen molar-refractivity contribution in [3.8, 4) is 11.8 Å². The van der Waals surface area contributed by atoms with Crippen LogP contribution < -0.4 is 0 Å². The van der Waals surface area contributed by atoms with Crippen LogP contribution in [-0.2, 0) is 14.3 Å². The van der Waals surface area contributed by atoms with Crippen LogP contribution >= 0.6 is 0 Å². The van der Waals surface area contributed by atoms with E-state index in [9.17, 15) is 14.4 Å². The largest absolute Gasteiger partial charge is 0.444 e. The molecule has 1 saturated carbocycles. The molecule has 1 heterocycles. The van der Waals surface area contributed by atoms with Crippen molar-refractivity contribution in [3.05, 3.63) is 41.0 Å². The highest BCUT2D eigenvalue weighted by Gasteiger charge is 2.36. The number of hydrogen-bond donors (Lipinski definition) is 0. The van der Waals surface area contributed by atoms with Crippen LogP contribution in [0.5, 0.6) is 0 Å². The van der Waals surface area contributed by atoms with Crippen molar-refractivity contribution in [2.24, 2.45) is 16.8 Å². The second kappa shape index (κ2) is 15.9. The van der Waals surface area contributed by atoms with Gasteiger partial charge < -0.3 is 14.5 Å². The maximum Gasteiger partial charge on any atom is 0.410 e. The van der Waals surface area contributed by atoms with Crippen LogP contribution in [0.1, 0.15) is 96.3 Å². The molecule has 0 N–H and O–H groups in total. The molecule has 0 aromatic carbocycles. The first kappa shape index (κ1) is 35.1. The molecule has 0 spiro atoms. The number of hydrogen-bond acceptors (Lipinski definition) is 6. The Balaban J connectivity index is 0.00000302. The first-order valence-electron chi connectivity index (χ1n) is 15.6. The molecule has 1 aliphatic heterocycles. The molecule has 42 heavy (non-hydrogen) atoms. The molecule has 1 saturated heterocycles. The number of piperazine rings is 1. The maximum atomic E-state index is 12.9. The van der Waals surface area contributed by atoms with E-state index < -0.39 is 5.60 Å². The molecule has 0 aromatic rings. The fraction of sp³-hybridized carbons (Fsp3) is 0.629. The van der Waals surface area contributed by atoms with Gasteiger partial charge in [-0.2, -0.15) is 0 Å². The predicted octanol–water partition coefficient (Wildman–Crippen LogP) is 6.99. The van der Waals surface area contributed by atoms with Crippen LogP contribution in [0.2, 0.25) is 0 Å². The van der Waals surface area contributed by atoms with Gasteiger partial charge in [0.1, 0.15) is 17.6 Å². The summed E-state index contributed by atoms with van der Waals surface area (Å²) in [5.74, 6) is 7.17. The number of ether oxygens (including phenoxy) is 1. The van der Waals surface area contributed by atoms with Crippen molar-refractivity contribution < 1.29 is 20.5 Å². The standard InChI is InChI=1S/C33H46N3O4.C2H6.H2/c1-9-26(21-37)30(24(5)35-19-23(4)36(20-22(35)3)32(39)40-33(6,7)8)29(34-10-2)17-14-25-12-11-13-28(18-25)31(38)27-15-16-27;1-2;/h9,15-16,21-23,25,28H,10-13,18-20H2,1-8H3;1-2H3;1H/b26-9-,30-24+,34-29?;;/t22-,23+,25?,28?;;/m0../s1. The summed E-state index contributed by atoms with van der Waals surface area (Å²) in [6.07, 6.45) is 9.76. The zero-order chi connectivity index (χ0) is 31.6. The summed E-state index contributed by atoms with van der Waals surface area (Å²) in [5, 5.41) is 0. The van der Waals surface area contributed by atoms with Crippen LogP contribution in [0.3, 0.4) is 0 Å². The molecule has 0 aromatic heterocycles. The average Bonchev–Trinajstić information content (AvgIpc) is 3.80. The van der Waals surface area contributed by atoms with E-state index in [0.717, 1.165) is 48.8 Å². The van der Waals surface area contributed by atoms with E-state index in [1.807, 2.05) is 74.8 Å². The van der Waals surface area contributed by atoms with Crippen molar-refractivity contribution in [1.29, 1.82) is 0 Å². The van der Waals surface area contributed by atoms with Gasteiger partial charge in [0, 0.05) is 68.2 Å². The third kappa shape index (κ3) is 9.44. The SMILES string of the molecule is C/C=C(C=O)\C(C(C#CC1CCCC(C(=O)C2=C[CH]2)C1)=NCC)=C(\C)N1C[C@@H](C)N(C(=O)OC(C)(C)C)C[C@@H]1C.CC.[HH]. The van der Waals surface area contributed by atoms with Crippen LogP contribution in [-0.4, -0.2) is 71.0 Å². The van der Waals surface area contributed by atoms with Gasteiger partial charge in [0.25, 0.3) is 0 Å². The lowest BCUT2D eigenvalue weighted by Gasteiger charge is -2.46. The minimum atomic E-state index is -0.561. The molecule has 7 heteroatoms. The lowest BCUT2D eigenvalue weighted by molar-refractivity contribution is -0.119. The van der Waals surface area contributed by atoms with Crippen molar-refractivity contribution >= 4 is 23.9 Å². The van der Waals surface area contributed by atoms with Crippen molar-refractivity contribution in [1.82, 2.24) is 9.80 Å². The molecular formula is C35H54N3O4. The number of aldehydes is 1. The third-order valence-electron chi connectivity index (χ3n) is 7.74. The Morgan fingerprint density at radius 3 is 2.31 bits per heavy atom.